The lowest BCUT2D eigenvalue weighted by Crippen LogP contribution is -2.44. The van der Waals surface area contributed by atoms with Gasteiger partial charge in [0.05, 0.1) is 23.8 Å². The molecule has 2 atom stereocenters. The number of aromatic nitrogens is 2. The minimum absolute atomic E-state index is 0.0149. The van der Waals surface area contributed by atoms with Gasteiger partial charge < -0.3 is 9.64 Å². The summed E-state index contributed by atoms with van der Waals surface area (Å²) >= 11 is 2.99. The van der Waals surface area contributed by atoms with Crippen LogP contribution in [0.2, 0.25) is 0 Å². The standard InChI is InChI=1S/C23H33N3O3S2/c1-4-16-9-6-7-11-25(16)19(27)14-30-23-24-21-20(18(5-2)15(3)31-21)22(28)26(23)13-17-10-8-12-29-17/h16-17H,4-14H2,1-3H3/t16-,17+/m1/s1. The van der Waals surface area contributed by atoms with E-state index in [4.69, 9.17) is 9.72 Å². The molecule has 0 N–H and O–H groups in total. The van der Waals surface area contributed by atoms with Gasteiger partial charge in [0.25, 0.3) is 5.56 Å². The van der Waals surface area contributed by atoms with Crippen LogP contribution in [0.15, 0.2) is 9.95 Å². The molecule has 2 aliphatic heterocycles. The van der Waals surface area contributed by atoms with Crippen molar-refractivity contribution in [1.29, 1.82) is 0 Å². The Morgan fingerprint density at radius 1 is 1.26 bits per heavy atom. The lowest BCUT2D eigenvalue weighted by molar-refractivity contribution is -0.132. The molecule has 4 heterocycles. The molecular weight excluding hydrogens is 430 g/mol. The number of amides is 1. The summed E-state index contributed by atoms with van der Waals surface area (Å²) in [5.74, 6) is 0.483. The summed E-state index contributed by atoms with van der Waals surface area (Å²) in [7, 11) is 0. The Morgan fingerprint density at radius 3 is 2.81 bits per heavy atom. The number of rotatable bonds is 7. The maximum Gasteiger partial charge on any atom is 0.263 e. The third-order valence-electron chi connectivity index (χ3n) is 6.58. The van der Waals surface area contributed by atoms with E-state index in [0.29, 0.717) is 23.5 Å². The first-order valence-electron chi connectivity index (χ1n) is 11.6. The minimum atomic E-state index is 0.0149. The van der Waals surface area contributed by atoms with Crippen LogP contribution in [0.5, 0.6) is 0 Å². The van der Waals surface area contributed by atoms with E-state index < -0.39 is 0 Å². The molecule has 2 saturated heterocycles. The van der Waals surface area contributed by atoms with Crippen molar-refractivity contribution < 1.29 is 9.53 Å². The molecule has 0 bridgehead atoms. The molecule has 6 nitrogen and oxygen atoms in total. The van der Waals surface area contributed by atoms with Gasteiger partial charge >= 0.3 is 0 Å². The van der Waals surface area contributed by atoms with E-state index in [1.54, 1.807) is 15.9 Å². The maximum atomic E-state index is 13.5. The summed E-state index contributed by atoms with van der Waals surface area (Å²) in [6.07, 6.45) is 7.23. The van der Waals surface area contributed by atoms with Crippen LogP contribution in [0.4, 0.5) is 0 Å². The zero-order valence-corrected chi connectivity index (χ0v) is 20.4. The summed E-state index contributed by atoms with van der Waals surface area (Å²) < 4.78 is 7.59. The van der Waals surface area contributed by atoms with Gasteiger partial charge in [0, 0.05) is 24.1 Å². The first kappa shape index (κ1) is 22.8. The Bertz CT molecular complexity index is 994. The van der Waals surface area contributed by atoms with Gasteiger partial charge in [-0.15, -0.1) is 11.3 Å². The number of fused-ring (bicyclic) bond motifs is 1. The van der Waals surface area contributed by atoms with E-state index in [1.807, 2.05) is 4.90 Å². The van der Waals surface area contributed by atoms with E-state index in [0.717, 1.165) is 72.3 Å². The van der Waals surface area contributed by atoms with Crippen LogP contribution in [0.25, 0.3) is 10.2 Å². The number of hydrogen-bond acceptors (Lipinski definition) is 6. The van der Waals surface area contributed by atoms with Gasteiger partial charge in [0.2, 0.25) is 5.91 Å². The number of thiophene rings is 1. The minimum Gasteiger partial charge on any atom is -0.376 e. The Labute approximate surface area is 192 Å². The Balaban J connectivity index is 1.63. The molecule has 31 heavy (non-hydrogen) atoms. The summed E-state index contributed by atoms with van der Waals surface area (Å²) in [5.41, 5.74) is 1.12. The van der Waals surface area contributed by atoms with Crippen LogP contribution >= 0.6 is 23.1 Å². The molecule has 170 valence electrons. The van der Waals surface area contributed by atoms with Crippen molar-refractivity contribution in [3.8, 4) is 0 Å². The Hall–Kier alpha value is -1.38. The van der Waals surface area contributed by atoms with E-state index in [2.05, 4.69) is 20.8 Å². The number of ether oxygens (including phenoxy) is 1. The van der Waals surface area contributed by atoms with Crippen LogP contribution < -0.4 is 5.56 Å². The number of piperidine rings is 1. The Kier molecular flexibility index (Phi) is 7.39. The first-order chi connectivity index (χ1) is 15.0. The highest BCUT2D eigenvalue weighted by molar-refractivity contribution is 7.99. The predicted molar refractivity (Wildman–Crippen MR) is 127 cm³/mol. The van der Waals surface area contributed by atoms with Crippen LogP contribution in [0, 0.1) is 6.92 Å². The zero-order chi connectivity index (χ0) is 22.0. The fourth-order valence-electron chi connectivity index (χ4n) is 4.88. The summed E-state index contributed by atoms with van der Waals surface area (Å²) in [6.45, 7) is 8.41. The maximum absolute atomic E-state index is 13.5. The van der Waals surface area contributed by atoms with Gasteiger partial charge in [-0.05, 0) is 57.4 Å². The highest BCUT2D eigenvalue weighted by Crippen LogP contribution is 2.30. The number of carbonyl (C=O) groups is 1. The van der Waals surface area contributed by atoms with Gasteiger partial charge in [0.15, 0.2) is 5.16 Å². The predicted octanol–water partition coefficient (Wildman–Crippen LogP) is 4.39. The third-order valence-corrected chi connectivity index (χ3v) is 8.59. The second-order valence-corrected chi connectivity index (χ2v) is 10.7. The third kappa shape index (κ3) is 4.71. The number of likely N-dealkylation sites (tertiary alicyclic amines) is 1. The summed E-state index contributed by atoms with van der Waals surface area (Å²) in [4.78, 5) is 35.4. The molecule has 0 saturated carbocycles. The summed E-state index contributed by atoms with van der Waals surface area (Å²) in [5, 5.41) is 1.40. The molecule has 2 aromatic rings. The fourth-order valence-corrected chi connectivity index (χ4v) is 6.93. The molecule has 2 aliphatic rings. The van der Waals surface area contributed by atoms with Crippen molar-refractivity contribution in [2.45, 2.75) is 89.6 Å². The van der Waals surface area contributed by atoms with Crippen molar-refractivity contribution in [2.75, 3.05) is 18.9 Å². The van der Waals surface area contributed by atoms with Gasteiger partial charge in [-0.1, -0.05) is 25.6 Å². The SMILES string of the molecule is CCc1c(C)sc2nc(SCC(=O)N3CCCC[C@H]3CC)n(C[C@@H]3CCCO3)c(=O)c12. The molecule has 8 heteroatoms. The topological polar surface area (TPSA) is 64.4 Å². The molecule has 0 aliphatic carbocycles. The lowest BCUT2D eigenvalue weighted by Gasteiger charge is -2.35. The highest BCUT2D eigenvalue weighted by Gasteiger charge is 2.27. The van der Waals surface area contributed by atoms with Crippen molar-refractivity contribution in [2.24, 2.45) is 0 Å². The highest BCUT2D eigenvalue weighted by atomic mass is 32.2. The van der Waals surface area contributed by atoms with Crippen LogP contribution in [-0.4, -0.2) is 51.4 Å². The molecule has 2 fully saturated rings. The number of aryl methyl sites for hydroxylation is 2. The van der Waals surface area contributed by atoms with E-state index >= 15 is 0 Å². The number of hydrogen-bond donors (Lipinski definition) is 0. The van der Waals surface area contributed by atoms with Crippen molar-refractivity contribution in [3.63, 3.8) is 0 Å². The lowest BCUT2D eigenvalue weighted by atomic mass is 10.0. The normalized spacial score (nSPS) is 21.8. The van der Waals surface area contributed by atoms with Gasteiger partial charge in [0.1, 0.15) is 4.83 Å². The van der Waals surface area contributed by atoms with Gasteiger partial charge in [-0.3, -0.25) is 14.2 Å². The fraction of sp³-hybridized carbons (Fsp3) is 0.696. The largest absolute Gasteiger partial charge is 0.376 e. The van der Waals surface area contributed by atoms with Crippen LogP contribution in [0.1, 0.15) is 62.8 Å². The van der Waals surface area contributed by atoms with E-state index in [9.17, 15) is 9.59 Å². The van der Waals surface area contributed by atoms with Gasteiger partial charge in [-0.25, -0.2) is 4.98 Å². The molecule has 1 amide bonds. The quantitative estimate of drug-likeness (QED) is 0.450. The summed E-state index contributed by atoms with van der Waals surface area (Å²) in [6, 6.07) is 0.346. The van der Waals surface area contributed by atoms with Crippen molar-refractivity contribution >= 4 is 39.2 Å². The first-order valence-corrected chi connectivity index (χ1v) is 13.4. The average molecular weight is 464 g/mol. The second-order valence-electron chi connectivity index (χ2n) is 8.55. The second kappa shape index (κ2) is 10.0. The van der Waals surface area contributed by atoms with E-state index in [-0.39, 0.29) is 17.6 Å². The Morgan fingerprint density at radius 2 is 2.10 bits per heavy atom. The molecule has 2 aromatic heterocycles. The molecule has 0 spiro atoms. The van der Waals surface area contributed by atoms with Gasteiger partial charge in [-0.2, -0.15) is 0 Å². The number of thioether (sulfide) groups is 1. The molecule has 0 radical (unpaired) electrons. The van der Waals surface area contributed by atoms with Crippen molar-refractivity contribution in [1.82, 2.24) is 14.5 Å². The molecule has 0 unspecified atom stereocenters. The molecular formula is C23H33N3O3S2. The molecule has 4 rings (SSSR count). The average Bonchev–Trinajstić information content (AvgIpc) is 3.41. The monoisotopic (exact) mass is 463 g/mol. The zero-order valence-electron chi connectivity index (χ0n) is 18.8. The van der Waals surface area contributed by atoms with E-state index in [1.165, 1.54) is 18.2 Å². The smallest absolute Gasteiger partial charge is 0.263 e. The number of carbonyl (C=O) groups excluding carboxylic acids is 1. The number of nitrogens with zero attached hydrogens (tertiary/aromatic N) is 3. The van der Waals surface area contributed by atoms with Crippen molar-refractivity contribution in [3.05, 3.63) is 20.8 Å². The van der Waals surface area contributed by atoms with Crippen LogP contribution in [0.3, 0.4) is 0 Å². The van der Waals surface area contributed by atoms with Crippen LogP contribution in [-0.2, 0) is 22.5 Å². The molecule has 0 aromatic carbocycles.